The molecule has 38 heavy (non-hydrogen) atoms. The number of nitriles is 1. The van der Waals surface area contributed by atoms with Crippen molar-refractivity contribution in [3.63, 3.8) is 0 Å². The molecule has 1 heterocycles. The molecular formula is C31H30N2O5. The van der Waals surface area contributed by atoms with E-state index >= 15 is 0 Å². The summed E-state index contributed by atoms with van der Waals surface area (Å²) in [6, 6.07) is 20.6. The van der Waals surface area contributed by atoms with Gasteiger partial charge in [-0.3, -0.25) is 0 Å². The molecule has 0 spiro atoms. The number of nitrogens with two attached hydrogens (primary N) is 1. The van der Waals surface area contributed by atoms with Crippen molar-refractivity contribution in [1.82, 2.24) is 0 Å². The number of benzene rings is 3. The number of allylic oxidation sites excluding steroid dienone is 1. The number of carbonyl (C=O) groups is 1. The Bertz CT molecular complexity index is 1420. The summed E-state index contributed by atoms with van der Waals surface area (Å²) in [5.41, 5.74) is 9.97. The fourth-order valence-electron chi connectivity index (χ4n) is 4.14. The van der Waals surface area contributed by atoms with Gasteiger partial charge in [-0.15, -0.1) is 0 Å². The lowest BCUT2D eigenvalue weighted by molar-refractivity contribution is -0.128. The number of aryl methyl sites for hydroxylation is 1. The van der Waals surface area contributed by atoms with Crippen LogP contribution in [0.15, 0.2) is 78.2 Å². The van der Waals surface area contributed by atoms with E-state index in [1.165, 1.54) is 6.08 Å². The third kappa shape index (κ3) is 5.98. The van der Waals surface area contributed by atoms with Crippen molar-refractivity contribution < 1.29 is 23.7 Å². The van der Waals surface area contributed by atoms with Crippen LogP contribution in [0.2, 0.25) is 0 Å². The Labute approximate surface area is 222 Å². The third-order valence-electron chi connectivity index (χ3n) is 6.17. The first kappa shape index (κ1) is 26.4. The number of esters is 1. The lowest BCUT2D eigenvalue weighted by Crippen LogP contribution is -2.21. The summed E-state index contributed by atoms with van der Waals surface area (Å²) in [5.74, 6) is 0.876. The highest BCUT2D eigenvalue weighted by atomic mass is 16.5. The van der Waals surface area contributed by atoms with Crippen LogP contribution >= 0.6 is 0 Å². The highest BCUT2D eigenvalue weighted by molar-refractivity contribution is 5.88. The van der Waals surface area contributed by atoms with Crippen molar-refractivity contribution in [2.75, 3.05) is 13.7 Å². The zero-order valence-corrected chi connectivity index (χ0v) is 21.7. The van der Waals surface area contributed by atoms with Gasteiger partial charge in [-0.1, -0.05) is 55.3 Å². The first-order chi connectivity index (χ1) is 18.4. The number of carbonyl (C=O) groups excluding carboxylic acids is 1. The van der Waals surface area contributed by atoms with E-state index in [4.69, 9.17) is 24.7 Å². The minimum absolute atomic E-state index is 0.00465. The van der Waals surface area contributed by atoms with Gasteiger partial charge in [0.1, 0.15) is 23.1 Å². The molecule has 1 aliphatic heterocycles. The molecule has 1 atom stereocenters. The van der Waals surface area contributed by atoms with Gasteiger partial charge >= 0.3 is 5.97 Å². The van der Waals surface area contributed by atoms with Crippen molar-refractivity contribution in [3.8, 4) is 29.1 Å². The molecule has 0 amide bonds. The van der Waals surface area contributed by atoms with Crippen LogP contribution in [0, 0.1) is 18.3 Å². The quantitative estimate of drug-likeness (QED) is 0.162. The first-order valence-electron chi connectivity index (χ1n) is 12.4. The summed E-state index contributed by atoms with van der Waals surface area (Å²) >= 11 is 0. The predicted molar refractivity (Wildman–Crippen MR) is 145 cm³/mol. The highest BCUT2D eigenvalue weighted by Gasteiger charge is 2.31. The van der Waals surface area contributed by atoms with Gasteiger partial charge in [0.25, 0.3) is 0 Å². The standard InChI is InChI=1S/C31H30N2O5/c1-4-5-16-36-26-14-11-22(17-28(26)35-3)30-24-13-12-23(18-27(24)38-31(33)25(30)19-32)37-29(34)15-10-21-8-6-20(2)7-9-21/h6-15,17-18,30H,4-5,16,33H2,1-3H3/b15-10+. The van der Waals surface area contributed by atoms with Crippen molar-refractivity contribution in [2.45, 2.75) is 32.6 Å². The molecule has 1 unspecified atom stereocenters. The SMILES string of the molecule is CCCCOc1ccc(C2C(C#N)=C(N)Oc3cc(OC(=O)/C=C/c4ccc(C)cc4)ccc32)cc1OC. The Morgan fingerprint density at radius 2 is 1.89 bits per heavy atom. The summed E-state index contributed by atoms with van der Waals surface area (Å²) in [7, 11) is 1.58. The van der Waals surface area contributed by atoms with Crippen molar-refractivity contribution in [2.24, 2.45) is 5.73 Å². The van der Waals surface area contributed by atoms with E-state index in [-0.39, 0.29) is 11.5 Å². The van der Waals surface area contributed by atoms with E-state index in [1.54, 1.807) is 31.4 Å². The van der Waals surface area contributed by atoms with Gasteiger partial charge in [0.05, 0.1) is 19.6 Å². The van der Waals surface area contributed by atoms with Crippen molar-refractivity contribution in [3.05, 3.63) is 100 Å². The van der Waals surface area contributed by atoms with Crippen LogP contribution in [0.4, 0.5) is 0 Å². The van der Waals surface area contributed by atoms with Crippen LogP contribution in [0.5, 0.6) is 23.0 Å². The smallest absolute Gasteiger partial charge is 0.336 e. The first-order valence-corrected chi connectivity index (χ1v) is 12.4. The van der Waals surface area contributed by atoms with Crippen LogP contribution in [-0.4, -0.2) is 19.7 Å². The van der Waals surface area contributed by atoms with Crippen molar-refractivity contribution >= 4 is 12.0 Å². The second kappa shape index (κ2) is 12.0. The average molecular weight is 511 g/mol. The van der Waals surface area contributed by atoms with E-state index in [2.05, 4.69) is 13.0 Å². The molecule has 3 aromatic carbocycles. The molecule has 0 radical (unpaired) electrons. The maximum absolute atomic E-state index is 12.4. The Morgan fingerprint density at radius 1 is 1.11 bits per heavy atom. The summed E-state index contributed by atoms with van der Waals surface area (Å²) in [6.07, 6.45) is 5.02. The monoisotopic (exact) mass is 510 g/mol. The Morgan fingerprint density at radius 3 is 2.61 bits per heavy atom. The number of unbranched alkanes of at least 4 members (excludes halogenated alkanes) is 1. The number of fused-ring (bicyclic) bond motifs is 1. The fraction of sp³-hybridized carbons (Fsp3) is 0.226. The molecule has 4 rings (SSSR count). The van der Waals surface area contributed by atoms with Gasteiger partial charge in [0.2, 0.25) is 5.88 Å². The van der Waals surface area contributed by atoms with Crippen LogP contribution in [0.25, 0.3) is 6.08 Å². The molecule has 0 aromatic heterocycles. The largest absolute Gasteiger partial charge is 0.493 e. The third-order valence-corrected chi connectivity index (χ3v) is 6.17. The zero-order chi connectivity index (χ0) is 27.1. The topological polar surface area (TPSA) is 104 Å². The second-order valence-corrected chi connectivity index (χ2v) is 8.90. The molecule has 2 N–H and O–H groups in total. The van der Waals surface area contributed by atoms with E-state index in [1.807, 2.05) is 49.4 Å². The molecule has 7 nitrogen and oxygen atoms in total. The maximum atomic E-state index is 12.4. The molecule has 194 valence electrons. The summed E-state index contributed by atoms with van der Waals surface area (Å²) < 4.78 is 22.7. The van der Waals surface area contributed by atoms with Gasteiger partial charge < -0.3 is 24.7 Å². The number of nitrogens with zero attached hydrogens (tertiary/aromatic N) is 1. The second-order valence-electron chi connectivity index (χ2n) is 8.90. The van der Waals surface area contributed by atoms with Gasteiger partial charge in [0, 0.05) is 17.7 Å². The highest BCUT2D eigenvalue weighted by Crippen LogP contribution is 2.45. The van der Waals surface area contributed by atoms with Crippen LogP contribution in [0.1, 0.15) is 47.9 Å². The summed E-state index contributed by atoms with van der Waals surface area (Å²) in [4.78, 5) is 12.4. The zero-order valence-electron chi connectivity index (χ0n) is 21.7. The van der Waals surface area contributed by atoms with E-state index in [0.29, 0.717) is 35.2 Å². The number of methoxy groups -OCH3 is 1. The lowest BCUT2D eigenvalue weighted by Gasteiger charge is -2.27. The lowest BCUT2D eigenvalue weighted by atomic mass is 9.83. The normalized spacial score (nSPS) is 14.4. The fourth-order valence-corrected chi connectivity index (χ4v) is 4.14. The van der Waals surface area contributed by atoms with E-state index < -0.39 is 11.9 Å². The number of ether oxygens (including phenoxy) is 4. The molecule has 0 saturated carbocycles. The van der Waals surface area contributed by atoms with Crippen LogP contribution in [-0.2, 0) is 4.79 Å². The Hall–Kier alpha value is -4.70. The Kier molecular flexibility index (Phi) is 8.34. The summed E-state index contributed by atoms with van der Waals surface area (Å²) in [5, 5.41) is 9.88. The molecule has 3 aromatic rings. The molecular weight excluding hydrogens is 480 g/mol. The van der Waals surface area contributed by atoms with E-state index in [0.717, 1.165) is 29.5 Å². The number of hydrogen-bond donors (Lipinski definition) is 1. The molecule has 0 bridgehead atoms. The van der Waals surface area contributed by atoms with Gasteiger partial charge in [0.15, 0.2) is 11.5 Å². The molecule has 7 heteroatoms. The van der Waals surface area contributed by atoms with Crippen LogP contribution < -0.4 is 24.7 Å². The summed E-state index contributed by atoms with van der Waals surface area (Å²) in [6.45, 7) is 4.69. The van der Waals surface area contributed by atoms with Gasteiger partial charge in [-0.05, 0) is 48.7 Å². The average Bonchev–Trinajstić information content (AvgIpc) is 2.92. The predicted octanol–water partition coefficient (Wildman–Crippen LogP) is 6.02. The van der Waals surface area contributed by atoms with Gasteiger partial charge in [-0.2, -0.15) is 5.26 Å². The Balaban J connectivity index is 1.59. The number of rotatable bonds is 9. The molecule has 1 aliphatic rings. The van der Waals surface area contributed by atoms with Crippen molar-refractivity contribution in [1.29, 1.82) is 5.26 Å². The number of hydrogen-bond acceptors (Lipinski definition) is 7. The van der Waals surface area contributed by atoms with Crippen LogP contribution in [0.3, 0.4) is 0 Å². The minimum Gasteiger partial charge on any atom is -0.493 e. The van der Waals surface area contributed by atoms with E-state index in [9.17, 15) is 10.1 Å². The molecule has 0 fully saturated rings. The molecule has 0 aliphatic carbocycles. The maximum Gasteiger partial charge on any atom is 0.336 e. The minimum atomic E-state index is -0.525. The van der Waals surface area contributed by atoms with Gasteiger partial charge in [-0.25, -0.2) is 4.79 Å². The molecule has 0 saturated heterocycles.